The van der Waals surface area contributed by atoms with Crippen molar-refractivity contribution in [2.75, 3.05) is 6.54 Å². The van der Waals surface area contributed by atoms with Crippen molar-refractivity contribution in [3.05, 3.63) is 65.2 Å². The monoisotopic (exact) mass is 373 g/mol. The summed E-state index contributed by atoms with van der Waals surface area (Å²) in [6, 6.07) is 14.2. The number of fused-ring (bicyclic) bond motifs is 1. The first-order valence-electron chi connectivity index (χ1n) is 8.80. The number of carboxylic acids is 1. The summed E-state index contributed by atoms with van der Waals surface area (Å²) in [5.74, 6) is -1.11. The molecule has 138 valence electrons. The Bertz CT molecular complexity index is 893. The number of hydrogen-bond donors (Lipinski definition) is 2. The highest BCUT2D eigenvalue weighted by Gasteiger charge is 2.26. The van der Waals surface area contributed by atoms with Gasteiger partial charge < -0.3 is 5.11 Å². The first-order chi connectivity index (χ1) is 12.4. The summed E-state index contributed by atoms with van der Waals surface area (Å²) in [4.78, 5) is 11.6. The number of benzene rings is 2. The van der Waals surface area contributed by atoms with Crippen LogP contribution in [0.1, 0.15) is 36.0 Å². The van der Waals surface area contributed by atoms with Crippen LogP contribution in [0.25, 0.3) is 0 Å². The Morgan fingerprint density at radius 3 is 2.50 bits per heavy atom. The zero-order valence-corrected chi connectivity index (χ0v) is 15.5. The van der Waals surface area contributed by atoms with Crippen molar-refractivity contribution >= 4 is 16.0 Å². The van der Waals surface area contributed by atoms with Crippen molar-refractivity contribution in [3.8, 4) is 0 Å². The summed E-state index contributed by atoms with van der Waals surface area (Å²) in [7, 11) is -3.50. The molecule has 2 atom stereocenters. The van der Waals surface area contributed by atoms with E-state index < -0.39 is 21.9 Å². The number of nitrogens with one attached hydrogen (secondary N) is 1. The standard InChI is InChI=1S/C20H23NO4S/c1-2-19(20(22)23)16-9-8-15-10-14(11-17(15)12-16)13-21-26(24,25)18-6-4-3-5-7-18/h3-9,12,14,19,21H,2,10-11,13H2,1H3,(H,22,23). The van der Waals surface area contributed by atoms with Crippen LogP contribution in [-0.2, 0) is 27.7 Å². The third kappa shape index (κ3) is 3.97. The summed E-state index contributed by atoms with van der Waals surface area (Å²) in [6.45, 7) is 2.24. The lowest BCUT2D eigenvalue weighted by Gasteiger charge is -2.12. The van der Waals surface area contributed by atoms with E-state index in [1.54, 1.807) is 30.3 Å². The van der Waals surface area contributed by atoms with Crippen molar-refractivity contribution < 1.29 is 18.3 Å². The smallest absolute Gasteiger partial charge is 0.310 e. The number of rotatable bonds is 7. The molecule has 0 aliphatic heterocycles. The molecule has 2 aromatic carbocycles. The van der Waals surface area contributed by atoms with E-state index in [0.717, 1.165) is 24.0 Å². The minimum Gasteiger partial charge on any atom is -0.481 e. The molecule has 0 bridgehead atoms. The Morgan fingerprint density at radius 1 is 1.15 bits per heavy atom. The number of carbonyl (C=O) groups is 1. The van der Waals surface area contributed by atoms with Crippen LogP contribution >= 0.6 is 0 Å². The first-order valence-corrected chi connectivity index (χ1v) is 10.3. The second kappa shape index (κ2) is 7.60. The van der Waals surface area contributed by atoms with E-state index in [2.05, 4.69) is 4.72 Å². The molecule has 0 spiro atoms. The molecular formula is C20H23NO4S. The van der Waals surface area contributed by atoms with E-state index in [-0.39, 0.29) is 10.8 Å². The van der Waals surface area contributed by atoms with Gasteiger partial charge in [-0.25, -0.2) is 13.1 Å². The van der Waals surface area contributed by atoms with Crippen LogP contribution in [-0.4, -0.2) is 26.0 Å². The van der Waals surface area contributed by atoms with Crippen molar-refractivity contribution in [1.82, 2.24) is 4.72 Å². The van der Waals surface area contributed by atoms with E-state index >= 15 is 0 Å². The quantitative estimate of drug-likeness (QED) is 0.782. The van der Waals surface area contributed by atoms with Crippen LogP contribution in [0.15, 0.2) is 53.4 Å². The van der Waals surface area contributed by atoms with Crippen LogP contribution in [0, 0.1) is 5.92 Å². The van der Waals surface area contributed by atoms with E-state index in [4.69, 9.17) is 0 Å². The van der Waals surface area contributed by atoms with Gasteiger partial charge in [-0.15, -0.1) is 0 Å². The van der Waals surface area contributed by atoms with Gasteiger partial charge in [0.1, 0.15) is 0 Å². The predicted octanol–water partition coefficient (Wildman–Crippen LogP) is 2.96. The molecule has 0 radical (unpaired) electrons. The predicted molar refractivity (Wildman–Crippen MR) is 99.6 cm³/mol. The Hall–Kier alpha value is -2.18. The summed E-state index contributed by atoms with van der Waals surface area (Å²) in [6.07, 6.45) is 2.11. The molecule has 0 saturated heterocycles. The Labute approximate surface area is 154 Å². The molecule has 0 saturated carbocycles. The zero-order valence-electron chi connectivity index (χ0n) is 14.7. The lowest BCUT2D eigenvalue weighted by atomic mass is 9.94. The van der Waals surface area contributed by atoms with Gasteiger partial charge in [-0.1, -0.05) is 43.3 Å². The molecule has 1 aliphatic carbocycles. The van der Waals surface area contributed by atoms with Crippen LogP contribution in [0.4, 0.5) is 0 Å². The summed E-state index contributed by atoms with van der Waals surface area (Å²) in [5.41, 5.74) is 3.13. The molecule has 0 amide bonds. The average Bonchev–Trinajstić information content (AvgIpc) is 3.03. The van der Waals surface area contributed by atoms with E-state index in [9.17, 15) is 18.3 Å². The highest BCUT2D eigenvalue weighted by molar-refractivity contribution is 7.89. The SMILES string of the molecule is CCC(C(=O)O)c1ccc2c(c1)CC(CNS(=O)(=O)c1ccccc1)C2. The van der Waals surface area contributed by atoms with Gasteiger partial charge >= 0.3 is 5.97 Å². The first kappa shape index (κ1) is 18.6. The van der Waals surface area contributed by atoms with E-state index in [1.807, 2.05) is 25.1 Å². The summed E-state index contributed by atoms with van der Waals surface area (Å²) < 4.78 is 27.4. The average molecular weight is 373 g/mol. The second-order valence-electron chi connectivity index (χ2n) is 6.77. The highest BCUT2D eigenvalue weighted by atomic mass is 32.2. The van der Waals surface area contributed by atoms with Gasteiger partial charge in [0.15, 0.2) is 0 Å². The van der Waals surface area contributed by atoms with Gasteiger partial charge in [-0.2, -0.15) is 0 Å². The minimum atomic E-state index is -3.50. The molecule has 6 heteroatoms. The summed E-state index contributed by atoms with van der Waals surface area (Å²) >= 11 is 0. The van der Waals surface area contributed by atoms with Gasteiger partial charge in [0.05, 0.1) is 10.8 Å². The van der Waals surface area contributed by atoms with Crippen LogP contribution < -0.4 is 4.72 Å². The van der Waals surface area contributed by atoms with Crippen molar-refractivity contribution in [1.29, 1.82) is 0 Å². The fourth-order valence-electron chi connectivity index (χ4n) is 3.55. The third-order valence-electron chi connectivity index (χ3n) is 4.97. The largest absolute Gasteiger partial charge is 0.481 e. The van der Waals surface area contributed by atoms with Crippen molar-refractivity contribution in [3.63, 3.8) is 0 Å². The molecule has 2 unspecified atom stereocenters. The fraction of sp³-hybridized carbons (Fsp3) is 0.350. The number of carboxylic acid groups (broad SMARTS) is 1. The fourth-order valence-corrected chi connectivity index (χ4v) is 4.69. The Balaban J connectivity index is 1.67. The maximum Gasteiger partial charge on any atom is 0.310 e. The molecule has 0 aromatic heterocycles. The third-order valence-corrected chi connectivity index (χ3v) is 6.41. The molecule has 2 aromatic rings. The van der Waals surface area contributed by atoms with Gasteiger partial charge in [0, 0.05) is 6.54 Å². The number of hydrogen-bond acceptors (Lipinski definition) is 3. The van der Waals surface area contributed by atoms with Crippen LogP contribution in [0.3, 0.4) is 0 Å². The second-order valence-corrected chi connectivity index (χ2v) is 8.53. The van der Waals surface area contributed by atoms with Crippen LogP contribution in [0.5, 0.6) is 0 Å². The molecule has 26 heavy (non-hydrogen) atoms. The lowest BCUT2D eigenvalue weighted by Crippen LogP contribution is -2.29. The van der Waals surface area contributed by atoms with Gasteiger partial charge in [0.2, 0.25) is 10.0 Å². The molecule has 2 N–H and O–H groups in total. The molecule has 1 aliphatic rings. The van der Waals surface area contributed by atoms with Gasteiger partial charge in [-0.3, -0.25) is 4.79 Å². The molecule has 5 nitrogen and oxygen atoms in total. The number of sulfonamides is 1. The zero-order chi connectivity index (χ0) is 18.7. The molecule has 3 rings (SSSR count). The molecule has 0 heterocycles. The van der Waals surface area contributed by atoms with Crippen molar-refractivity contribution in [2.45, 2.75) is 37.0 Å². The highest BCUT2D eigenvalue weighted by Crippen LogP contribution is 2.30. The van der Waals surface area contributed by atoms with Gasteiger partial charge in [0.25, 0.3) is 0 Å². The maximum absolute atomic E-state index is 12.3. The van der Waals surface area contributed by atoms with Crippen LogP contribution in [0.2, 0.25) is 0 Å². The Kier molecular flexibility index (Phi) is 5.44. The van der Waals surface area contributed by atoms with E-state index in [0.29, 0.717) is 13.0 Å². The summed E-state index contributed by atoms with van der Waals surface area (Å²) in [5, 5.41) is 9.33. The molecule has 0 fully saturated rings. The molecular weight excluding hydrogens is 350 g/mol. The van der Waals surface area contributed by atoms with Crippen molar-refractivity contribution in [2.24, 2.45) is 5.92 Å². The minimum absolute atomic E-state index is 0.184. The maximum atomic E-state index is 12.3. The number of aliphatic carboxylic acids is 1. The normalized spacial score (nSPS) is 17.7. The lowest BCUT2D eigenvalue weighted by molar-refractivity contribution is -0.138. The van der Waals surface area contributed by atoms with Gasteiger partial charge in [-0.05, 0) is 54.0 Å². The topological polar surface area (TPSA) is 83.5 Å². The Morgan fingerprint density at radius 2 is 1.85 bits per heavy atom. The van der Waals surface area contributed by atoms with E-state index in [1.165, 1.54) is 5.56 Å².